The second kappa shape index (κ2) is 5.32. The van der Waals surface area contributed by atoms with E-state index >= 15 is 0 Å². The van der Waals surface area contributed by atoms with Crippen LogP contribution in [0.2, 0.25) is 0 Å². The van der Waals surface area contributed by atoms with Crippen LogP contribution in [0.3, 0.4) is 0 Å². The lowest BCUT2D eigenvalue weighted by atomic mass is 10.1. The SMILES string of the molecule is COc1ccc(-c2sc(C(=O)O)cc2C)c(OC)c1. The number of aryl methyl sites for hydroxylation is 1. The fraction of sp³-hybridized carbons (Fsp3) is 0.214. The maximum absolute atomic E-state index is 11.0. The van der Waals surface area contributed by atoms with Gasteiger partial charge in [-0.15, -0.1) is 11.3 Å². The molecule has 0 fully saturated rings. The minimum absolute atomic E-state index is 0.324. The Morgan fingerprint density at radius 3 is 2.47 bits per heavy atom. The van der Waals surface area contributed by atoms with Gasteiger partial charge in [0.15, 0.2) is 0 Å². The van der Waals surface area contributed by atoms with Crippen molar-refractivity contribution in [2.24, 2.45) is 0 Å². The van der Waals surface area contributed by atoms with Gasteiger partial charge < -0.3 is 14.6 Å². The number of methoxy groups -OCH3 is 2. The summed E-state index contributed by atoms with van der Waals surface area (Å²) in [5, 5.41) is 9.04. The monoisotopic (exact) mass is 278 g/mol. The highest BCUT2D eigenvalue weighted by Gasteiger charge is 2.16. The highest BCUT2D eigenvalue weighted by Crippen LogP contribution is 2.39. The largest absolute Gasteiger partial charge is 0.497 e. The van der Waals surface area contributed by atoms with Crippen LogP contribution >= 0.6 is 11.3 Å². The summed E-state index contributed by atoms with van der Waals surface area (Å²) >= 11 is 1.24. The van der Waals surface area contributed by atoms with Crippen LogP contribution < -0.4 is 9.47 Å². The molecule has 0 aliphatic heterocycles. The molecule has 1 aromatic heterocycles. The van der Waals surface area contributed by atoms with Gasteiger partial charge in [-0.05, 0) is 30.7 Å². The zero-order valence-electron chi connectivity index (χ0n) is 10.9. The number of hydrogen-bond donors (Lipinski definition) is 1. The molecule has 2 aromatic rings. The molecular formula is C14H14O4S. The summed E-state index contributed by atoms with van der Waals surface area (Å²) in [7, 11) is 3.17. The summed E-state index contributed by atoms with van der Waals surface area (Å²) in [6.45, 7) is 1.89. The third-order valence-electron chi connectivity index (χ3n) is 2.78. The topological polar surface area (TPSA) is 55.8 Å². The molecule has 100 valence electrons. The molecular weight excluding hydrogens is 264 g/mol. The number of carboxylic acids is 1. The zero-order valence-corrected chi connectivity index (χ0v) is 11.7. The van der Waals surface area contributed by atoms with Gasteiger partial charge in [-0.3, -0.25) is 0 Å². The summed E-state index contributed by atoms with van der Waals surface area (Å²) in [5.41, 5.74) is 1.80. The molecule has 19 heavy (non-hydrogen) atoms. The second-order valence-electron chi connectivity index (χ2n) is 3.99. The van der Waals surface area contributed by atoms with Gasteiger partial charge in [-0.2, -0.15) is 0 Å². The van der Waals surface area contributed by atoms with E-state index in [1.807, 2.05) is 19.1 Å². The van der Waals surface area contributed by atoms with Crippen molar-refractivity contribution in [1.82, 2.24) is 0 Å². The van der Waals surface area contributed by atoms with Crippen molar-refractivity contribution in [3.63, 3.8) is 0 Å². The van der Waals surface area contributed by atoms with E-state index in [1.165, 1.54) is 11.3 Å². The first kappa shape index (κ1) is 13.4. The van der Waals surface area contributed by atoms with E-state index in [4.69, 9.17) is 14.6 Å². The van der Waals surface area contributed by atoms with Gasteiger partial charge in [0.1, 0.15) is 16.4 Å². The van der Waals surface area contributed by atoms with Crippen molar-refractivity contribution < 1.29 is 19.4 Å². The lowest BCUT2D eigenvalue weighted by molar-refractivity contribution is 0.0702. The van der Waals surface area contributed by atoms with Crippen molar-refractivity contribution >= 4 is 17.3 Å². The molecule has 5 heteroatoms. The van der Waals surface area contributed by atoms with Crippen molar-refractivity contribution in [3.8, 4) is 21.9 Å². The highest BCUT2D eigenvalue weighted by atomic mass is 32.1. The van der Waals surface area contributed by atoms with E-state index in [9.17, 15) is 4.79 Å². The van der Waals surface area contributed by atoms with Gasteiger partial charge in [-0.1, -0.05) is 0 Å². The maximum atomic E-state index is 11.0. The van der Waals surface area contributed by atoms with E-state index in [0.717, 1.165) is 16.0 Å². The number of aromatic carboxylic acids is 1. The van der Waals surface area contributed by atoms with Crippen molar-refractivity contribution in [2.75, 3.05) is 14.2 Å². The standard InChI is InChI=1S/C14H14O4S/c1-8-6-12(14(15)16)19-13(8)10-5-4-9(17-2)7-11(10)18-3/h4-7H,1-3H3,(H,15,16). The molecule has 0 saturated carbocycles. The van der Waals surface area contributed by atoms with Gasteiger partial charge in [0.05, 0.1) is 14.2 Å². The molecule has 0 spiro atoms. The molecule has 0 radical (unpaired) electrons. The molecule has 4 nitrogen and oxygen atoms in total. The van der Waals surface area contributed by atoms with Gasteiger partial charge in [0.25, 0.3) is 0 Å². The Kier molecular flexibility index (Phi) is 3.76. The van der Waals surface area contributed by atoms with Gasteiger partial charge in [0.2, 0.25) is 0 Å². The molecule has 0 aliphatic carbocycles. The molecule has 0 unspecified atom stereocenters. The van der Waals surface area contributed by atoms with Gasteiger partial charge >= 0.3 is 5.97 Å². The summed E-state index contributed by atoms with van der Waals surface area (Å²) in [6.07, 6.45) is 0. The lowest BCUT2D eigenvalue weighted by Crippen LogP contribution is -1.90. The van der Waals surface area contributed by atoms with Gasteiger partial charge in [0, 0.05) is 16.5 Å². The molecule has 1 heterocycles. The van der Waals surface area contributed by atoms with Crippen LogP contribution in [-0.4, -0.2) is 25.3 Å². The summed E-state index contributed by atoms with van der Waals surface area (Å²) < 4.78 is 10.5. The lowest BCUT2D eigenvalue weighted by Gasteiger charge is -2.09. The van der Waals surface area contributed by atoms with Crippen molar-refractivity contribution in [3.05, 3.63) is 34.7 Å². The van der Waals surface area contributed by atoms with Crippen molar-refractivity contribution in [1.29, 1.82) is 0 Å². The van der Waals surface area contributed by atoms with E-state index in [1.54, 1.807) is 26.4 Å². The summed E-state index contributed by atoms with van der Waals surface area (Å²) in [5.74, 6) is 0.460. The molecule has 0 bridgehead atoms. The predicted octanol–water partition coefficient (Wildman–Crippen LogP) is 3.44. The zero-order chi connectivity index (χ0) is 14.0. The first-order chi connectivity index (χ1) is 9.06. The Hall–Kier alpha value is -2.01. The molecule has 0 atom stereocenters. The molecule has 0 amide bonds. The predicted molar refractivity (Wildman–Crippen MR) is 74.6 cm³/mol. The Morgan fingerprint density at radius 1 is 1.21 bits per heavy atom. The number of rotatable bonds is 4. The molecule has 1 aromatic carbocycles. The van der Waals surface area contributed by atoms with Crippen LogP contribution in [-0.2, 0) is 0 Å². The van der Waals surface area contributed by atoms with Crippen molar-refractivity contribution in [2.45, 2.75) is 6.92 Å². The average Bonchev–Trinajstić information content (AvgIpc) is 2.80. The Labute approximate surface area is 115 Å². The number of thiophene rings is 1. The van der Waals surface area contributed by atoms with E-state index in [0.29, 0.717) is 16.4 Å². The van der Waals surface area contributed by atoms with Crippen LogP contribution in [0.15, 0.2) is 24.3 Å². The molecule has 2 rings (SSSR count). The Morgan fingerprint density at radius 2 is 1.95 bits per heavy atom. The maximum Gasteiger partial charge on any atom is 0.345 e. The Bertz CT molecular complexity index is 616. The summed E-state index contributed by atoms with van der Waals surface area (Å²) in [6, 6.07) is 7.17. The van der Waals surface area contributed by atoms with Gasteiger partial charge in [-0.25, -0.2) is 4.79 Å². The minimum atomic E-state index is -0.910. The second-order valence-corrected chi connectivity index (χ2v) is 5.05. The highest BCUT2D eigenvalue weighted by molar-refractivity contribution is 7.17. The van der Waals surface area contributed by atoms with Crippen LogP contribution in [0.25, 0.3) is 10.4 Å². The number of benzene rings is 1. The number of ether oxygens (including phenoxy) is 2. The Balaban J connectivity index is 2.55. The fourth-order valence-electron chi connectivity index (χ4n) is 1.84. The van der Waals surface area contributed by atoms with E-state index < -0.39 is 5.97 Å². The van der Waals surface area contributed by atoms with Crippen LogP contribution in [0, 0.1) is 6.92 Å². The molecule has 0 saturated heterocycles. The fourth-order valence-corrected chi connectivity index (χ4v) is 2.88. The third kappa shape index (κ3) is 2.56. The number of carbonyl (C=O) groups is 1. The molecule has 1 N–H and O–H groups in total. The first-order valence-corrected chi connectivity index (χ1v) is 6.44. The quantitative estimate of drug-likeness (QED) is 0.930. The third-order valence-corrected chi connectivity index (χ3v) is 4.04. The smallest absolute Gasteiger partial charge is 0.345 e. The van der Waals surface area contributed by atoms with E-state index in [2.05, 4.69) is 0 Å². The normalized spacial score (nSPS) is 10.3. The first-order valence-electron chi connectivity index (χ1n) is 5.63. The van der Waals surface area contributed by atoms with Crippen LogP contribution in [0.4, 0.5) is 0 Å². The minimum Gasteiger partial charge on any atom is -0.497 e. The number of carboxylic acid groups (broad SMARTS) is 1. The molecule has 0 aliphatic rings. The number of hydrogen-bond acceptors (Lipinski definition) is 4. The summed E-state index contributed by atoms with van der Waals surface area (Å²) in [4.78, 5) is 12.2. The van der Waals surface area contributed by atoms with E-state index in [-0.39, 0.29) is 0 Å². The van der Waals surface area contributed by atoms with Crippen LogP contribution in [0.1, 0.15) is 15.2 Å². The average molecular weight is 278 g/mol. The van der Waals surface area contributed by atoms with Crippen LogP contribution in [0.5, 0.6) is 11.5 Å².